The number of fused-ring (bicyclic) bond motifs is 4. The average molecular weight is 1100 g/mol. The monoisotopic (exact) mass is 1100 g/mol. The molecule has 0 unspecified atom stereocenters. The van der Waals surface area contributed by atoms with Crippen LogP contribution in [0.5, 0.6) is 0 Å². The van der Waals surface area contributed by atoms with E-state index in [0.29, 0.717) is 6.67 Å². The summed E-state index contributed by atoms with van der Waals surface area (Å²) < 4.78 is 2.43. The molecule has 2 aromatic heterocycles. The molecular weight excluding hydrogens is 1020 g/mol. The van der Waals surface area contributed by atoms with Gasteiger partial charge in [-0.3, -0.25) is 4.57 Å². The third-order valence-corrected chi connectivity index (χ3v) is 18.1. The highest BCUT2D eigenvalue weighted by Gasteiger charge is 2.40. The van der Waals surface area contributed by atoms with E-state index in [9.17, 15) is 0 Å². The van der Waals surface area contributed by atoms with Crippen LogP contribution in [0.4, 0.5) is 22.7 Å². The predicted molar refractivity (Wildman–Crippen MR) is 358 cm³/mol. The molecule has 4 heteroatoms. The third kappa shape index (κ3) is 10.0. The first kappa shape index (κ1) is 56.0. The summed E-state index contributed by atoms with van der Waals surface area (Å²) in [5.41, 5.74) is 20.8. The quantitative estimate of drug-likeness (QED) is 0.128. The lowest BCUT2D eigenvalue weighted by Crippen LogP contribution is -2.31. The smallest absolute Gasteiger partial charge is 0.137 e. The largest absolute Gasteiger partial charge is 0.321 e. The highest BCUT2D eigenvalue weighted by molar-refractivity contribution is 6.10. The first-order valence-electron chi connectivity index (χ1n) is 30.2. The molecular formula is C80H82N4. The Morgan fingerprint density at radius 2 is 0.786 bits per heavy atom. The van der Waals surface area contributed by atoms with E-state index in [1.54, 1.807) is 0 Å². The Morgan fingerprint density at radius 3 is 1.35 bits per heavy atom. The van der Waals surface area contributed by atoms with Gasteiger partial charge in [-0.2, -0.15) is 0 Å². The summed E-state index contributed by atoms with van der Waals surface area (Å²) in [7, 11) is 0. The minimum absolute atomic E-state index is 0.0124. The molecule has 0 radical (unpaired) electrons. The highest BCUT2D eigenvalue weighted by Crippen LogP contribution is 2.51. The van der Waals surface area contributed by atoms with Gasteiger partial charge in [0.15, 0.2) is 0 Å². The molecule has 0 spiro atoms. The van der Waals surface area contributed by atoms with Crippen LogP contribution in [0.25, 0.3) is 38.8 Å². The van der Waals surface area contributed by atoms with Gasteiger partial charge in [-0.1, -0.05) is 255 Å². The summed E-state index contributed by atoms with van der Waals surface area (Å²) in [5.74, 6) is 0.889. The predicted octanol–water partition coefficient (Wildman–Crippen LogP) is 21.0. The number of para-hydroxylation sites is 2. The lowest BCUT2D eigenvalue weighted by Gasteiger charge is -2.37. The molecule has 1 aliphatic rings. The fourth-order valence-corrected chi connectivity index (χ4v) is 12.8. The fraction of sp³-hybridized carbons (Fsp3) is 0.263. The van der Waals surface area contributed by atoms with Crippen LogP contribution in [-0.2, 0) is 32.5 Å². The van der Waals surface area contributed by atoms with Crippen molar-refractivity contribution < 1.29 is 0 Å². The molecule has 422 valence electrons. The van der Waals surface area contributed by atoms with Crippen LogP contribution in [0.1, 0.15) is 153 Å². The zero-order chi connectivity index (χ0) is 59.1. The second kappa shape index (κ2) is 20.7. The van der Waals surface area contributed by atoms with Crippen molar-refractivity contribution in [2.24, 2.45) is 0 Å². The molecule has 4 nitrogen and oxygen atoms in total. The first-order valence-corrected chi connectivity index (χ1v) is 30.2. The van der Waals surface area contributed by atoms with E-state index in [2.05, 4.69) is 336 Å². The maximum absolute atomic E-state index is 5.34. The van der Waals surface area contributed by atoms with Crippen LogP contribution in [0.15, 0.2) is 231 Å². The van der Waals surface area contributed by atoms with Crippen molar-refractivity contribution in [3.05, 3.63) is 286 Å². The molecule has 1 aliphatic heterocycles. The van der Waals surface area contributed by atoms with Crippen molar-refractivity contribution in [3.8, 4) is 16.9 Å². The molecule has 11 aromatic rings. The van der Waals surface area contributed by atoms with Gasteiger partial charge in [0.2, 0.25) is 0 Å². The van der Waals surface area contributed by atoms with Gasteiger partial charge in [0.1, 0.15) is 12.5 Å². The van der Waals surface area contributed by atoms with Crippen LogP contribution >= 0.6 is 0 Å². The number of rotatable bonds is 10. The number of benzene rings is 9. The molecule has 0 fully saturated rings. The lowest BCUT2D eigenvalue weighted by molar-refractivity contribution is 0.557. The normalized spacial score (nSPS) is 13.5. The van der Waals surface area contributed by atoms with Crippen LogP contribution in [0.3, 0.4) is 0 Å². The van der Waals surface area contributed by atoms with Crippen LogP contribution in [0, 0.1) is 0 Å². The van der Waals surface area contributed by atoms with E-state index in [1.807, 2.05) is 6.20 Å². The van der Waals surface area contributed by atoms with Gasteiger partial charge >= 0.3 is 0 Å². The second-order valence-corrected chi connectivity index (χ2v) is 28.3. The van der Waals surface area contributed by atoms with E-state index in [1.165, 1.54) is 94.6 Å². The lowest BCUT2D eigenvalue weighted by atomic mass is 9.65. The van der Waals surface area contributed by atoms with Crippen molar-refractivity contribution >= 4 is 44.6 Å². The van der Waals surface area contributed by atoms with Gasteiger partial charge in [0.05, 0.1) is 27.8 Å². The maximum Gasteiger partial charge on any atom is 0.137 e. The minimum Gasteiger partial charge on any atom is -0.321 e. The van der Waals surface area contributed by atoms with Crippen LogP contribution in [0.2, 0.25) is 0 Å². The topological polar surface area (TPSA) is 24.3 Å². The van der Waals surface area contributed by atoms with Crippen molar-refractivity contribution in [1.29, 1.82) is 0 Å². The summed E-state index contributed by atoms with van der Waals surface area (Å²) in [4.78, 5) is 10.4. The van der Waals surface area contributed by atoms with Crippen molar-refractivity contribution in [2.75, 3.05) is 16.5 Å². The summed E-state index contributed by atoms with van der Waals surface area (Å²) >= 11 is 0. The van der Waals surface area contributed by atoms with Gasteiger partial charge in [-0.05, 0) is 155 Å². The number of nitrogens with zero attached hydrogens (tertiary/aromatic N) is 4. The van der Waals surface area contributed by atoms with E-state index >= 15 is 0 Å². The minimum atomic E-state index is -0.759. The van der Waals surface area contributed by atoms with Crippen molar-refractivity contribution in [2.45, 2.75) is 129 Å². The summed E-state index contributed by atoms with van der Waals surface area (Å²) in [6, 6.07) is 84.8. The number of anilines is 4. The Morgan fingerprint density at radius 1 is 0.310 bits per heavy atom. The summed E-state index contributed by atoms with van der Waals surface area (Å²) in [6.45, 7) is 33.3. The molecule has 0 saturated heterocycles. The first-order chi connectivity index (χ1) is 39.9. The highest BCUT2D eigenvalue weighted by atomic mass is 15.4. The Kier molecular flexibility index (Phi) is 13.8. The number of hydrogen-bond acceptors (Lipinski definition) is 3. The fourth-order valence-electron chi connectivity index (χ4n) is 12.8. The molecule has 0 saturated carbocycles. The molecule has 0 bridgehead atoms. The number of hydrogen-bond donors (Lipinski definition) is 0. The van der Waals surface area contributed by atoms with Crippen LogP contribution < -0.4 is 9.80 Å². The Labute approximate surface area is 500 Å². The number of aromatic nitrogens is 2. The summed E-state index contributed by atoms with van der Waals surface area (Å²) in [5, 5.41) is 2.36. The Hall–Kier alpha value is -8.47. The molecule has 12 rings (SSSR count). The van der Waals surface area contributed by atoms with Crippen molar-refractivity contribution in [1.82, 2.24) is 9.55 Å². The van der Waals surface area contributed by atoms with Gasteiger partial charge in [0.25, 0.3) is 0 Å². The third-order valence-electron chi connectivity index (χ3n) is 18.1. The van der Waals surface area contributed by atoms with Crippen molar-refractivity contribution in [3.63, 3.8) is 0 Å². The maximum atomic E-state index is 5.34. The molecule has 0 amide bonds. The van der Waals surface area contributed by atoms with Gasteiger partial charge in [0, 0.05) is 33.8 Å². The number of pyridine rings is 1. The van der Waals surface area contributed by atoms with Crippen LogP contribution in [-0.4, -0.2) is 16.2 Å². The van der Waals surface area contributed by atoms with Gasteiger partial charge < -0.3 is 9.80 Å². The Balaban J connectivity index is 1.07. The van der Waals surface area contributed by atoms with Gasteiger partial charge in [-0.15, -0.1) is 0 Å². The molecule has 9 aromatic carbocycles. The van der Waals surface area contributed by atoms with E-state index in [4.69, 9.17) is 4.98 Å². The average Bonchev–Trinajstić information content (AvgIpc) is 1.43. The molecule has 84 heavy (non-hydrogen) atoms. The zero-order valence-electron chi connectivity index (χ0n) is 51.9. The van der Waals surface area contributed by atoms with Gasteiger partial charge in [-0.25, -0.2) is 4.98 Å². The molecule has 0 atom stereocenters. The molecule has 3 heterocycles. The Bertz CT molecular complexity index is 4130. The van der Waals surface area contributed by atoms with E-state index in [-0.39, 0.29) is 27.1 Å². The van der Waals surface area contributed by atoms with E-state index < -0.39 is 5.41 Å². The SMILES string of the molecule is CC(C)(C)c1cc(N2CN(c3cccc(C(c4ccccc4)(c4ccccc4)c4ccc5c6cc(-c7ccccc7)ccc6n(-c6cc(C(C)(C)c7cc(C(C)(C)C)cc(C(C)(C)C)c7)ccn6)c5c4)c3)c3ccccc32)cc(C(C)(C)C)c1. The molecule has 0 N–H and O–H groups in total. The molecule has 0 aliphatic carbocycles. The summed E-state index contributed by atoms with van der Waals surface area (Å²) in [6.07, 6.45) is 2.02. The van der Waals surface area contributed by atoms with E-state index in [0.717, 1.165) is 22.5 Å². The second-order valence-electron chi connectivity index (χ2n) is 28.3. The standard InChI is InChI=1S/C80H82N4/c1-75(2,3)61-44-62(76(4,5)6)47-65(46-61)79(13,14)58-41-42-81-74(52-58)84-70-40-37-55(54-27-18-15-19-28-54)43-69(70)68-39-38-60(51-73(68)84)80(56-29-20-16-21-30-56,57-31-22-17-23-32-57)59-33-26-34-66(48-59)82-53-83(72-36-25-24-35-71(72)82)67-49-63(77(7,8)9)45-64(50-67)78(10,11)12/h15-52H,53H2,1-14H3. The zero-order valence-corrected chi connectivity index (χ0v) is 51.9.